The van der Waals surface area contributed by atoms with Gasteiger partial charge in [0, 0.05) is 19.1 Å². The summed E-state index contributed by atoms with van der Waals surface area (Å²) in [6.07, 6.45) is 6.77. The van der Waals surface area contributed by atoms with Gasteiger partial charge in [0.15, 0.2) is 0 Å². The molecule has 0 aromatic rings. The Kier molecular flexibility index (Phi) is 5.22. The third-order valence-electron chi connectivity index (χ3n) is 4.08. The zero-order valence-electron chi connectivity index (χ0n) is 10.6. The number of aliphatic hydroxyl groups is 2. The van der Waals surface area contributed by atoms with Gasteiger partial charge in [-0.1, -0.05) is 12.8 Å². The molecule has 0 radical (unpaired) electrons. The molecule has 0 unspecified atom stereocenters. The number of nitrogens with zero attached hydrogens (tertiary/aromatic N) is 1. The summed E-state index contributed by atoms with van der Waals surface area (Å²) in [6, 6.07) is 0.377. The number of piperidine rings is 1. The van der Waals surface area contributed by atoms with E-state index in [1.807, 2.05) is 0 Å². The zero-order valence-corrected chi connectivity index (χ0v) is 10.6. The SMILES string of the molecule is OCCOC1CCN([C@@H]2CCCC[C@H]2O)CC1. The van der Waals surface area contributed by atoms with Crippen LogP contribution in [0.25, 0.3) is 0 Å². The van der Waals surface area contributed by atoms with Crippen molar-refractivity contribution in [1.82, 2.24) is 4.90 Å². The second kappa shape index (κ2) is 6.69. The maximum Gasteiger partial charge on any atom is 0.0701 e. The van der Waals surface area contributed by atoms with Crippen LogP contribution in [0.5, 0.6) is 0 Å². The molecule has 0 spiro atoms. The van der Waals surface area contributed by atoms with Crippen LogP contribution in [0.3, 0.4) is 0 Å². The largest absolute Gasteiger partial charge is 0.394 e. The van der Waals surface area contributed by atoms with E-state index < -0.39 is 0 Å². The quantitative estimate of drug-likeness (QED) is 0.765. The summed E-state index contributed by atoms with van der Waals surface area (Å²) in [4.78, 5) is 2.43. The fourth-order valence-electron chi connectivity index (χ4n) is 3.11. The summed E-state index contributed by atoms with van der Waals surface area (Å²) in [5.41, 5.74) is 0. The molecule has 4 nitrogen and oxygen atoms in total. The van der Waals surface area contributed by atoms with Crippen molar-refractivity contribution in [3.63, 3.8) is 0 Å². The molecule has 0 aromatic heterocycles. The second-order valence-corrected chi connectivity index (χ2v) is 5.25. The van der Waals surface area contributed by atoms with E-state index in [0.717, 1.165) is 38.8 Å². The highest BCUT2D eigenvalue weighted by atomic mass is 16.5. The number of hydrogen-bond donors (Lipinski definition) is 2. The lowest BCUT2D eigenvalue weighted by atomic mass is 9.90. The first-order valence-electron chi connectivity index (χ1n) is 6.96. The van der Waals surface area contributed by atoms with Crippen LogP contribution < -0.4 is 0 Å². The average molecular weight is 243 g/mol. The molecule has 100 valence electrons. The van der Waals surface area contributed by atoms with Gasteiger partial charge < -0.3 is 14.9 Å². The Bertz CT molecular complexity index is 217. The maximum absolute atomic E-state index is 10.0. The Labute approximate surface area is 104 Å². The van der Waals surface area contributed by atoms with Crippen LogP contribution in [-0.4, -0.2) is 59.7 Å². The highest BCUT2D eigenvalue weighted by Crippen LogP contribution is 2.26. The first kappa shape index (κ1) is 13.3. The van der Waals surface area contributed by atoms with Crippen LogP contribution in [0, 0.1) is 0 Å². The molecule has 2 aliphatic rings. The summed E-state index contributed by atoms with van der Waals surface area (Å²) in [5, 5.41) is 18.7. The highest BCUT2D eigenvalue weighted by Gasteiger charge is 2.31. The van der Waals surface area contributed by atoms with Crippen LogP contribution in [0.15, 0.2) is 0 Å². The summed E-state index contributed by atoms with van der Waals surface area (Å²) in [5.74, 6) is 0. The predicted molar refractivity (Wildman–Crippen MR) is 65.9 cm³/mol. The van der Waals surface area contributed by atoms with E-state index in [1.165, 1.54) is 12.8 Å². The molecular weight excluding hydrogens is 218 g/mol. The first-order valence-corrected chi connectivity index (χ1v) is 6.96. The van der Waals surface area contributed by atoms with Crippen LogP contribution in [-0.2, 0) is 4.74 Å². The Hall–Kier alpha value is -0.160. The fraction of sp³-hybridized carbons (Fsp3) is 1.00. The first-order chi connectivity index (χ1) is 8.31. The molecule has 1 saturated heterocycles. The number of hydrogen-bond acceptors (Lipinski definition) is 4. The summed E-state index contributed by atoms with van der Waals surface area (Å²) in [6.45, 7) is 2.62. The molecule has 4 heteroatoms. The van der Waals surface area contributed by atoms with Crippen molar-refractivity contribution in [3.05, 3.63) is 0 Å². The third kappa shape index (κ3) is 3.65. The Morgan fingerprint density at radius 3 is 2.41 bits per heavy atom. The van der Waals surface area contributed by atoms with Crippen molar-refractivity contribution in [2.75, 3.05) is 26.3 Å². The zero-order chi connectivity index (χ0) is 12.1. The van der Waals surface area contributed by atoms with Crippen molar-refractivity contribution in [3.8, 4) is 0 Å². The Morgan fingerprint density at radius 2 is 1.76 bits per heavy atom. The summed E-state index contributed by atoms with van der Waals surface area (Å²) >= 11 is 0. The normalized spacial score (nSPS) is 32.8. The van der Waals surface area contributed by atoms with Gasteiger partial charge >= 0.3 is 0 Å². The molecule has 2 rings (SSSR count). The molecule has 0 aromatic carbocycles. The molecule has 0 bridgehead atoms. The van der Waals surface area contributed by atoms with Gasteiger partial charge in [0.1, 0.15) is 0 Å². The van der Waals surface area contributed by atoms with Crippen LogP contribution in [0.1, 0.15) is 38.5 Å². The molecule has 1 aliphatic heterocycles. The maximum atomic E-state index is 10.0. The fourth-order valence-corrected chi connectivity index (χ4v) is 3.11. The average Bonchev–Trinajstić information content (AvgIpc) is 2.38. The van der Waals surface area contributed by atoms with Crippen molar-refractivity contribution in [2.24, 2.45) is 0 Å². The number of rotatable bonds is 4. The van der Waals surface area contributed by atoms with Gasteiger partial charge in [-0.2, -0.15) is 0 Å². The molecule has 1 heterocycles. The second-order valence-electron chi connectivity index (χ2n) is 5.25. The number of ether oxygens (including phenoxy) is 1. The van der Waals surface area contributed by atoms with E-state index in [9.17, 15) is 5.11 Å². The van der Waals surface area contributed by atoms with E-state index in [0.29, 0.717) is 18.8 Å². The number of aliphatic hydroxyl groups excluding tert-OH is 2. The van der Waals surface area contributed by atoms with Gasteiger partial charge in [-0.15, -0.1) is 0 Å². The molecular formula is C13H25NO3. The topological polar surface area (TPSA) is 52.9 Å². The van der Waals surface area contributed by atoms with E-state index in [2.05, 4.69) is 4.90 Å². The molecule has 1 saturated carbocycles. The smallest absolute Gasteiger partial charge is 0.0701 e. The van der Waals surface area contributed by atoms with Crippen LogP contribution >= 0.6 is 0 Å². The van der Waals surface area contributed by atoms with Crippen LogP contribution in [0.4, 0.5) is 0 Å². The van der Waals surface area contributed by atoms with Gasteiger partial charge in [-0.3, -0.25) is 4.90 Å². The summed E-state index contributed by atoms with van der Waals surface area (Å²) in [7, 11) is 0. The lowest BCUT2D eigenvalue weighted by Gasteiger charge is -2.41. The van der Waals surface area contributed by atoms with E-state index in [-0.39, 0.29) is 12.7 Å². The molecule has 2 N–H and O–H groups in total. The van der Waals surface area contributed by atoms with E-state index >= 15 is 0 Å². The van der Waals surface area contributed by atoms with Crippen molar-refractivity contribution < 1.29 is 14.9 Å². The van der Waals surface area contributed by atoms with Gasteiger partial charge in [-0.25, -0.2) is 0 Å². The Balaban J connectivity index is 1.74. The molecule has 2 atom stereocenters. The molecule has 2 fully saturated rings. The highest BCUT2D eigenvalue weighted by molar-refractivity contribution is 4.86. The van der Waals surface area contributed by atoms with Gasteiger partial charge in [-0.05, 0) is 25.7 Å². The lowest BCUT2D eigenvalue weighted by molar-refractivity contribution is -0.0406. The predicted octanol–water partition coefficient (Wildman–Crippen LogP) is 0.763. The minimum absolute atomic E-state index is 0.113. The van der Waals surface area contributed by atoms with E-state index in [4.69, 9.17) is 9.84 Å². The monoisotopic (exact) mass is 243 g/mol. The third-order valence-corrected chi connectivity index (χ3v) is 4.08. The summed E-state index contributed by atoms with van der Waals surface area (Å²) < 4.78 is 5.56. The number of likely N-dealkylation sites (tertiary alicyclic amines) is 1. The standard InChI is InChI=1S/C13H25NO3/c15-9-10-17-11-5-7-14(8-6-11)12-3-1-2-4-13(12)16/h11-13,15-16H,1-10H2/t12-,13-/m1/s1. The van der Waals surface area contributed by atoms with Crippen molar-refractivity contribution in [1.29, 1.82) is 0 Å². The molecule has 1 aliphatic carbocycles. The van der Waals surface area contributed by atoms with E-state index in [1.54, 1.807) is 0 Å². The Morgan fingerprint density at radius 1 is 1.06 bits per heavy atom. The minimum atomic E-state index is -0.126. The lowest BCUT2D eigenvalue weighted by Crippen LogP contribution is -2.49. The van der Waals surface area contributed by atoms with Gasteiger partial charge in [0.05, 0.1) is 25.4 Å². The minimum Gasteiger partial charge on any atom is -0.394 e. The van der Waals surface area contributed by atoms with Gasteiger partial charge in [0.2, 0.25) is 0 Å². The molecule has 0 amide bonds. The van der Waals surface area contributed by atoms with Gasteiger partial charge in [0.25, 0.3) is 0 Å². The van der Waals surface area contributed by atoms with Crippen molar-refractivity contribution >= 4 is 0 Å². The van der Waals surface area contributed by atoms with Crippen molar-refractivity contribution in [2.45, 2.75) is 56.8 Å². The van der Waals surface area contributed by atoms with Crippen LogP contribution in [0.2, 0.25) is 0 Å². The molecule has 17 heavy (non-hydrogen) atoms.